The lowest BCUT2D eigenvalue weighted by Crippen LogP contribution is -2.49. The Morgan fingerprint density at radius 3 is 2.09 bits per heavy atom. The molecular formula is C25H30N2O5. The van der Waals surface area contributed by atoms with E-state index in [4.69, 9.17) is 14.2 Å². The molecule has 1 saturated carbocycles. The minimum Gasteiger partial charge on any atom is -0.493 e. The molecule has 1 aliphatic heterocycles. The molecule has 0 atom stereocenters. The van der Waals surface area contributed by atoms with Crippen LogP contribution in [0.25, 0.3) is 0 Å². The Labute approximate surface area is 188 Å². The van der Waals surface area contributed by atoms with Crippen LogP contribution in [-0.4, -0.2) is 56.3 Å². The lowest BCUT2D eigenvalue weighted by Gasteiger charge is -2.31. The molecule has 2 amide bonds. The number of amides is 2. The van der Waals surface area contributed by atoms with Crippen LogP contribution in [0, 0.1) is 0 Å². The fraction of sp³-hybridized carbons (Fsp3) is 0.440. The second kappa shape index (κ2) is 9.10. The van der Waals surface area contributed by atoms with E-state index < -0.39 is 5.41 Å². The monoisotopic (exact) mass is 438 g/mol. The first-order chi connectivity index (χ1) is 15.5. The van der Waals surface area contributed by atoms with Gasteiger partial charge in [0.05, 0.1) is 26.7 Å². The van der Waals surface area contributed by atoms with Crippen LogP contribution in [-0.2, 0) is 21.4 Å². The third-order valence-corrected chi connectivity index (χ3v) is 6.39. The van der Waals surface area contributed by atoms with Gasteiger partial charge in [-0.25, -0.2) is 0 Å². The Bertz CT molecular complexity index is 962. The van der Waals surface area contributed by atoms with Crippen molar-refractivity contribution >= 4 is 11.8 Å². The van der Waals surface area contributed by atoms with E-state index in [2.05, 4.69) is 0 Å². The number of methoxy groups -OCH3 is 3. The molecule has 1 aliphatic carbocycles. The molecule has 32 heavy (non-hydrogen) atoms. The summed E-state index contributed by atoms with van der Waals surface area (Å²) in [5.74, 6) is 1.64. The zero-order valence-electron chi connectivity index (χ0n) is 18.9. The van der Waals surface area contributed by atoms with Crippen molar-refractivity contribution in [3.05, 3.63) is 53.6 Å². The molecule has 170 valence electrons. The highest BCUT2D eigenvalue weighted by molar-refractivity contribution is 5.93. The first-order valence-corrected chi connectivity index (χ1v) is 11.0. The van der Waals surface area contributed by atoms with Crippen LogP contribution < -0.4 is 14.2 Å². The average molecular weight is 439 g/mol. The number of rotatable bonds is 8. The third kappa shape index (κ3) is 3.99. The molecule has 2 aromatic carbocycles. The largest absolute Gasteiger partial charge is 0.493 e. The zero-order valence-corrected chi connectivity index (χ0v) is 18.9. The molecule has 7 nitrogen and oxygen atoms in total. The summed E-state index contributed by atoms with van der Waals surface area (Å²) in [5.41, 5.74) is 1.48. The smallest absolute Gasteiger partial charge is 0.251 e. The van der Waals surface area contributed by atoms with Crippen LogP contribution in [0.15, 0.2) is 42.5 Å². The first-order valence-electron chi connectivity index (χ1n) is 11.0. The van der Waals surface area contributed by atoms with Gasteiger partial charge in [0, 0.05) is 19.5 Å². The highest BCUT2D eigenvalue weighted by Crippen LogP contribution is 2.50. The highest BCUT2D eigenvalue weighted by Gasteiger charge is 2.54. The van der Waals surface area contributed by atoms with Gasteiger partial charge in [0.1, 0.15) is 0 Å². The Balaban J connectivity index is 1.45. The summed E-state index contributed by atoms with van der Waals surface area (Å²) in [6.07, 6.45) is 3.27. The van der Waals surface area contributed by atoms with Crippen LogP contribution in [0.4, 0.5) is 0 Å². The van der Waals surface area contributed by atoms with Crippen LogP contribution in [0.3, 0.4) is 0 Å². The van der Waals surface area contributed by atoms with Gasteiger partial charge in [0.2, 0.25) is 11.7 Å². The lowest BCUT2D eigenvalue weighted by atomic mass is 9.95. The molecule has 2 aromatic rings. The zero-order chi connectivity index (χ0) is 22.7. The fourth-order valence-electron chi connectivity index (χ4n) is 4.50. The Morgan fingerprint density at radius 2 is 1.53 bits per heavy atom. The molecule has 0 radical (unpaired) electrons. The summed E-state index contributed by atoms with van der Waals surface area (Å²) >= 11 is 0. The molecule has 1 heterocycles. The Morgan fingerprint density at radius 1 is 0.906 bits per heavy atom. The molecule has 0 N–H and O–H groups in total. The second-order valence-corrected chi connectivity index (χ2v) is 8.28. The Kier molecular flexibility index (Phi) is 6.26. The number of aryl methyl sites for hydroxylation is 1. The van der Waals surface area contributed by atoms with Crippen molar-refractivity contribution in [1.29, 1.82) is 0 Å². The molecule has 0 aromatic heterocycles. The van der Waals surface area contributed by atoms with Crippen LogP contribution in [0.2, 0.25) is 0 Å². The summed E-state index contributed by atoms with van der Waals surface area (Å²) < 4.78 is 16.2. The van der Waals surface area contributed by atoms with Crippen molar-refractivity contribution in [1.82, 2.24) is 10.0 Å². The van der Waals surface area contributed by atoms with Crippen molar-refractivity contribution < 1.29 is 23.8 Å². The second-order valence-electron chi connectivity index (χ2n) is 8.28. The molecule has 0 unspecified atom stereocenters. The fourth-order valence-corrected chi connectivity index (χ4v) is 4.50. The number of carbonyl (C=O) groups excluding carboxylic acids is 2. The van der Waals surface area contributed by atoms with Crippen molar-refractivity contribution in [3.63, 3.8) is 0 Å². The van der Waals surface area contributed by atoms with Crippen LogP contribution in [0.1, 0.15) is 36.8 Å². The molecule has 4 rings (SSSR count). The molecule has 7 heteroatoms. The van der Waals surface area contributed by atoms with Gasteiger partial charge < -0.3 is 14.2 Å². The minimum atomic E-state index is -0.471. The van der Waals surface area contributed by atoms with Crippen LogP contribution >= 0.6 is 0 Å². The molecular weight excluding hydrogens is 408 g/mol. The van der Waals surface area contributed by atoms with Crippen LogP contribution in [0.5, 0.6) is 17.2 Å². The molecule has 1 saturated heterocycles. The van der Waals surface area contributed by atoms with E-state index in [0.717, 1.165) is 30.4 Å². The van der Waals surface area contributed by atoms with Gasteiger partial charge in [0.25, 0.3) is 5.91 Å². The number of hydrazine groups is 1. The lowest BCUT2D eigenvalue weighted by molar-refractivity contribution is -0.159. The normalized spacial score (nSPS) is 16.6. The molecule has 0 bridgehead atoms. The van der Waals surface area contributed by atoms with E-state index in [1.54, 1.807) is 31.3 Å². The van der Waals surface area contributed by atoms with Crippen molar-refractivity contribution in [2.24, 2.45) is 0 Å². The summed E-state index contributed by atoms with van der Waals surface area (Å²) in [6, 6.07) is 13.6. The molecule has 2 fully saturated rings. The van der Waals surface area contributed by atoms with Gasteiger partial charge in [-0.2, -0.15) is 0 Å². The van der Waals surface area contributed by atoms with Gasteiger partial charge in [0.15, 0.2) is 11.5 Å². The number of ether oxygens (including phenoxy) is 3. The van der Waals surface area contributed by atoms with Gasteiger partial charge in [-0.15, -0.1) is 0 Å². The van der Waals surface area contributed by atoms with Crippen molar-refractivity contribution in [2.45, 2.75) is 37.5 Å². The van der Waals surface area contributed by atoms with Crippen molar-refractivity contribution in [2.75, 3.05) is 34.4 Å². The summed E-state index contributed by atoms with van der Waals surface area (Å²) in [7, 11) is 4.70. The predicted octanol–water partition coefficient (Wildman–Crippen LogP) is 3.35. The van der Waals surface area contributed by atoms with Crippen molar-refractivity contribution in [3.8, 4) is 17.2 Å². The predicted molar refractivity (Wildman–Crippen MR) is 120 cm³/mol. The SMILES string of the molecule is COc1cc(CCC(=O)N2CCCN2C(=O)C2(c3ccccc3)CC2)cc(OC)c1OC. The standard InChI is InChI=1S/C25H30N2O5/c1-30-20-16-18(17-21(31-2)23(20)32-3)10-11-22(28)26-14-7-15-27(26)24(29)25(12-13-25)19-8-5-4-6-9-19/h4-6,8-9,16-17H,7,10-15H2,1-3H3. The first kappa shape index (κ1) is 22.0. The number of benzene rings is 2. The highest BCUT2D eigenvalue weighted by atomic mass is 16.5. The minimum absolute atomic E-state index is 0.0438. The quantitative estimate of drug-likeness (QED) is 0.632. The number of carbonyl (C=O) groups is 2. The third-order valence-electron chi connectivity index (χ3n) is 6.39. The van der Waals surface area contributed by atoms with E-state index in [1.165, 1.54) is 0 Å². The number of nitrogens with zero attached hydrogens (tertiary/aromatic N) is 2. The molecule has 2 aliphatic rings. The molecule has 0 spiro atoms. The van der Waals surface area contributed by atoms with Gasteiger partial charge in [-0.05, 0) is 48.9 Å². The summed E-state index contributed by atoms with van der Waals surface area (Å²) in [6.45, 7) is 1.16. The van der Waals surface area contributed by atoms with E-state index in [1.807, 2.05) is 42.5 Å². The van der Waals surface area contributed by atoms with Gasteiger partial charge >= 0.3 is 0 Å². The maximum Gasteiger partial charge on any atom is 0.251 e. The summed E-state index contributed by atoms with van der Waals surface area (Å²) in [5, 5.41) is 3.32. The summed E-state index contributed by atoms with van der Waals surface area (Å²) in [4.78, 5) is 26.5. The number of hydrogen-bond donors (Lipinski definition) is 0. The topological polar surface area (TPSA) is 68.3 Å². The van der Waals surface area contributed by atoms with E-state index in [9.17, 15) is 9.59 Å². The van der Waals surface area contributed by atoms with E-state index in [0.29, 0.717) is 43.2 Å². The average Bonchev–Trinajstić information content (AvgIpc) is 3.51. The van der Waals surface area contributed by atoms with Gasteiger partial charge in [-0.3, -0.25) is 19.6 Å². The van der Waals surface area contributed by atoms with E-state index in [-0.39, 0.29) is 11.8 Å². The maximum absolute atomic E-state index is 13.4. The van der Waals surface area contributed by atoms with Gasteiger partial charge in [-0.1, -0.05) is 30.3 Å². The Hall–Kier alpha value is -3.22. The maximum atomic E-state index is 13.4. The number of hydrogen-bond acceptors (Lipinski definition) is 5. The van der Waals surface area contributed by atoms with E-state index >= 15 is 0 Å².